The number of aliphatic hydroxyl groups excluding tert-OH is 1. The second-order valence-corrected chi connectivity index (χ2v) is 6.29. The number of nitrogens with zero attached hydrogens (tertiary/aromatic N) is 1. The molecule has 0 aromatic heterocycles. The van der Waals surface area contributed by atoms with Gasteiger partial charge in [0.15, 0.2) is 5.78 Å². The fourth-order valence-corrected chi connectivity index (χ4v) is 2.99. The van der Waals surface area contributed by atoms with E-state index in [9.17, 15) is 4.79 Å². The Morgan fingerprint density at radius 3 is 2.84 bits per heavy atom. The summed E-state index contributed by atoms with van der Waals surface area (Å²) in [5.41, 5.74) is 3.30. The van der Waals surface area contributed by atoms with Gasteiger partial charge in [0.1, 0.15) is 19.0 Å². The lowest BCUT2D eigenvalue weighted by atomic mass is 10.1. The SMILES string of the molecule is C[C@H](C(=O)CO)N1CCNc2cc(OCc3ccccc3)ccc2C1. The van der Waals surface area contributed by atoms with Crippen molar-refractivity contribution in [3.63, 3.8) is 0 Å². The Labute approximate surface area is 148 Å². The number of rotatable bonds is 6. The van der Waals surface area contributed by atoms with Crippen molar-refractivity contribution >= 4 is 11.5 Å². The van der Waals surface area contributed by atoms with Gasteiger partial charge in [0.25, 0.3) is 0 Å². The molecule has 1 aliphatic heterocycles. The Bertz CT molecular complexity index is 718. The number of benzene rings is 2. The van der Waals surface area contributed by atoms with Gasteiger partial charge in [0, 0.05) is 31.4 Å². The number of hydrogen-bond acceptors (Lipinski definition) is 5. The minimum Gasteiger partial charge on any atom is -0.489 e. The lowest BCUT2D eigenvalue weighted by molar-refractivity contribution is -0.126. The van der Waals surface area contributed by atoms with Crippen LogP contribution in [0.2, 0.25) is 0 Å². The summed E-state index contributed by atoms with van der Waals surface area (Å²) in [5.74, 6) is 0.675. The quantitative estimate of drug-likeness (QED) is 0.846. The molecule has 1 aliphatic rings. The van der Waals surface area contributed by atoms with Crippen LogP contribution in [0.5, 0.6) is 5.75 Å². The second-order valence-electron chi connectivity index (χ2n) is 6.29. The van der Waals surface area contributed by atoms with E-state index >= 15 is 0 Å². The molecule has 5 heteroatoms. The van der Waals surface area contributed by atoms with Gasteiger partial charge in [-0.15, -0.1) is 0 Å². The second kappa shape index (κ2) is 8.14. The van der Waals surface area contributed by atoms with Crippen molar-refractivity contribution in [3.05, 3.63) is 59.7 Å². The van der Waals surface area contributed by atoms with E-state index in [2.05, 4.69) is 10.2 Å². The summed E-state index contributed by atoms with van der Waals surface area (Å²) in [6.45, 7) is 4.15. The van der Waals surface area contributed by atoms with Crippen LogP contribution in [-0.2, 0) is 17.9 Å². The number of Topliss-reactive ketones (excluding diaryl/α,β-unsaturated/α-hetero) is 1. The lowest BCUT2D eigenvalue weighted by Crippen LogP contribution is -2.41. The van der Waals surface area contributed by atoms with Gasteiger partial charge in [-0.1, -0.05) is 36.4 Å². The van der Waals surface area contributed by atoms with Crippen molar-refractivity contribution in [2.24, 2.45) is 0 Å². The summed E-state index contributed by atoms with van der Waals surface area (Å²) in [5, 5.41) is 12.5. The van der Waals surface area contributed by atoms with Crippen LogP contribution in [0.3, 0.4) is 0 Å². The third kappa shape index (κ3) is 4.38. The molecule has 2 N–H and O–H groups in total. The minimum absolute atomic E-state index is 0.147. The normalized spacial score (nSPS) is 15.6. The third-order valence-corrected chi connectivity index (χ3v) is 4.59. The van der Waals surface area contributed by atoms with E-state index in [1.165, 1.54) is 0 Å². The van der Waals surface area contributed by atoms with E-state index in [4.69, 9.17) is 9.84 Å². The predicted molar refractivity (Wildman–Crippen MR) is 97.7 cm³/mol. The van der Waals surface area contributed by atoms with Crippen LogP contribution >= 0.6 is 0 Å². The molecule has 2 aromatic rings. The molecule has 1 atom stereocenters. The average Bonchev–Trinajstić information content (AvgIpc) is 2.87. The van der Waals surface area contributed by atoms with E-state index in [1.807, 2.05) is 55.5 Å². The minimum atomic E-state index is -0.412. The molecule has 0 amide bonds. The molecule has 132 valence electrons. The highest BCUT2D eigenvalue weighted by Crippen LogP contribution is 2.27. The Morgan fingerprint density at radius 1 is 1.28 bits per heavy atom. The first-order chi connectivity index (χ1) is 12.2. The molecule has 0 spiro atoms. The molecule has 0 radical (unpaired) electrons. The molecule has 3 rings (SSSR count). The van der Waals surface area contributed by atoms with Crippen LogP contribution < -0.4 is 10.1 Å². The summed E-state index contributed by atoms with van der Waals surface area (Å²) in [7, 11) is 0. The standard InChI is InChI=1S/C20H24N2O3/c1-15(20(24)13-23)22-10-9-21-19-11-18(8-7-17(19)12-22)25-14-16-5-3-2-4-6-16/h2-8,11,15,21,23H,9-10,12-14H2,1H3/t15-/m1/s1. The number of ketones is 1. The summed E-state index contributed by atoms with van der Waals surface area (Å²) in [4.78, 5) is 13.9. The molecule has 0 saturated carbocycles. The van der Waals surface area contributed by atoms with E-state index in [1.54, 1.807) is 0 Å². The maximum Gasteiger partial charge on any atom is 0.174 e. The first-order valence-corrected chi connectivity index (χ1v) is 8.58. The lowest BCUT2D eigenvalue weighted by Gasteiger charge is -2.25. The fourth-order valence-electron chi connectivity index (χ4n) is 2.99. The first-order valence-electron chi connectivity index (χ1n) is 8.58. The van der Waals surface area contributed by atoms with Crippen molar-refractivity contribution in [1.29, 1.82) is 0 Å². The predicted octanol–water partition coefficient (Wildman–Crippen LogP) is 2.44. The molecule has 0 fully saturated rings. The number of carbonyl (C=O) groups excluding carboxylic acids is 1. The number of nitrogens with one attached hydrogen (secondary N) is 1. The van der Waals surface area contributed by atoms with Gasteiger partial charge >= 0.3 is 0 Å². The third-order valence-electron chi connectivity index (χ3n) is 4.59. The Kier molecular flexibility index (Phi) is 5.68. The largest absolute Gasteiger partial charge is 0.489 e. The monoisotopic (exact) mass is 340 g/mol. The summed E-state index contributed by atoms with van der Waals surface area (Å²) in [6.07, 6.45) is 0. The molecule has 0 saturated heterocycles. The maximum atomic E-state index is 11.8. The van der Waals surface area contributed by atoms with Crippen LogP contribution in [0.1, 0.15) is 18.1 Å². The highest BCUT2D eigenvalue weighted by Gasteiger charge is 2.23. The molecule has 5 nitrogen and oxygen atoms in total. The number of fused-ring (bicyclic) bond motifs is 1. The van der Waals surface area contributed by atoms with Crippen molar-refractivity contribution in [1.82, 2.24) is 4.90 Å². The molecule has 0 aliphatic carbocycles. The van der Waals surface area contributed by atoms with Gasteiger partial charge in [-0.3, -0.25) is 9.69 Å². The highest BCUT2D eigenvalue weighted by molar-refractivity contribution is 5.84. The zero-order valence-electron chi connectivity index (χ0n) is 14.4. The van der Waals surface area contributed by atoms with E-state index in [0.717, 1.165) is 35.7 Å². The Balaban J connectivity index is 1.68. The molecule has 0 bridgehead atoms. The van der Waals surface area contributed by atoms with Crippen molar-refractivity contribution in [2.45, 2.75) is 26.1 Å². The van der Waals surface area contributed by atoms with E-state index < -0.39 is 6.61 Å². The zero-order valence-corrected chi connectivity index (χ0v) is 14.4. The maximum absolute atomic E-state index is 11.8. The molecular weight excluding hydrogens is 316 g/mol. The van der Waals surface area contributed by atoms with Gasteiger partial charge in [-0.05, 0) is 24.1 Å². The first kappa shape index (κ1) is 17.5. The number of carbonyl (C=O) groups is 1. The van der Waals surface area contributed by atoms with Gasteiger partial charge in [-0.25, -0.2) is 0 Å². The van der Waals surface area contributed by atoms with Crippen molar-refractivity contribution in [3.8, 4) is 5.75 Å². The highest BCUT2D eigenvalue weighted by atomic mass is 16.5. The topological polar surface area (TPSA) is 61.8 Å². The van der Waals surface area contributed by atoms with Crippen LogP contribution in [0.15, 0.2) is 48.5 Å². The van der Waals surface area contributed by atoms with E-state index in [-0.39, 0.29) is 11.8 Å². The molecular formula is C20H24N2O3. The number of anilines is 1. The molecule has 2 aromatic carbocycles. The van der Waals surface area contributed by atoms with Crippen molar-refractivity contribution in [2.75, 3.05) is 25.0 Å². The van der Waals surface area contributed by atoms with Crippen LogP contribution in [-0.4, -0.2) is 41.5 Å². The summed E-state index contributed by atoms with van der Waals surface area (Å²) in [6, 6.07) is 15.8. The van der Waals surface area contributed by atoms with Gasteiger partial charge < -0.3 is 15.2 Å². The van der Waals surface area contributed by atoms with Gasteiger partial charge in [0.05, 0.1) is 6.04 Å². The van der Waals surface area contributed by atoms with Crippen LogP contribution in [0, 0.1) is 0 Å². The summed E-state index contributed by atoms with van der Waals surface area (Å²) < 4.78 is 5.89. The van der Waals surface area contributed by atoms with Gasteiger partial charge in [-0.2, -0.15) is 0 Å². The zero-order chi connectivity index (χ0) is 17.6. The summed E-state index contributed by atoms with van der Waals surface area (Å²) >= 11 is 0. The van der Waals surface area contributed by atoms with Crippen molar-refractivity contribution < 1.29 is 14.6 Å². The van der Waals surface area contributed by atoms with E-state index in [0.29, 0.717) is 13.2 Å². The van der Waals surface area contributed by atoms with Gasteiger partial charge in [0.2, 0.25) is 0 Å². The average molecular weight is 340 g/mol. The number of aliphatic hydroxyl groups is 1. The molecule has 1 heterocycles. The Hall–Kier alpha value is -2.37. The smallest absolute Gasteiger partial charge is 0.174 e. The number of hydrogen-bond donors (Lipinski definition) is 2. The fraction of sp³-hybridized carbons (Fsp3) is 0.350. The number of ether oxygens (including phenoxy) is 1. The Morgan fingerprint density at radius 2 is 2.08 bits per heavy atom. The molecule has 0 unspecified atom stereocenters. The van der Waals surface area contributed by atoms with Crippen LogP contribution in [0.4, 0.5) is 5.69 Å². The van der Waals surface area contributed by atoms with Crippen LogP contribution in [0.25, 0.3) is 0 Å². The molecule has 25 heavy (non-hydrogen) atoms.